The Hall–Kier alpha value is -0.440. The Morgan fingerprint density at radius 2 is 1.90 bits per heavy atom. The fraction of sp³-hybridized carbons (Fsp3) is 0.625. The second-order valence-corrected chi connectivity index (χ2v) is 7.06. The molecule has 0 saturated carbocycles. The first-order valence-electron chi connectivity index (χ1n) is 7.15. The molecule has 2 nitrogen and oxygen atoms in total. The molecule has 1 rings (SSSR count). The molecule has 0 aliphatic rings. The van der Waals surface area contributed by atoms with Crippen LogP contribution in [0.1, 0.15) is 46.1 Å². The van der Waals surface area contributed by atoms with E-state index in [9.17, 15) is 0 Å². The highest BCUT2D eigenvalue weighted by Crippen LogP contribution is 2.33. The monoisotopic (exact) mass is 317 g/mol. The largest absolute Gasteiger partial charge is 0.492 e. The van der Waals surface area contributed by atoms with E-state index in [2.05, 4.69) is 33.0 Å². The Morgan fingerprint density at radius 1 is 1.20 bits per heavy atom. The van der Waals surface area contributed by atoms with Gasteiger partial charge in [-0.2, -0.15) is 0 Å². The third kappa shape index (κ3) is 6.34. The maximum absolute atomic E-state index is 6.26. The van der Waals surface area contributed by atoms with E-state index >= 15 is 0 Å². The van der Waals surface area contributed by atoms with E-state index in [0.29, 0.717) is 16.7 Å². The fourth-order valence-electron chi connectivity index (χ4n) is 1.77. The van der Waals surface area contributed by atoms with Crippen molar-refractivity contribution >= 4 is 23.2 Å². The van der Waals surface area contributed by atoms with E-state index in [1.807, 2.05) is 6.07 Å². The van der Waals surface area contributed by atoms with Crippen LogP contribution in [0.2, 0.25) is 10.0 Å². The Balaban J connectivity index is 2.75. The minimum atomic E-state index is 0.250. The van der Waals surface area contributed by atoms with Gasteiger partial charge in [0.2, 0.25) is 0 Å². The van der Waals surface area contributed by atoms with E-state index < -0.39 is 0 Å². The zero-order chi connectivity index (χ0) is 15.2. The summed E-state index contributed by atoms with van der Waals surface area (Å²) in [7, 11) is 0. The molecular weight excluding hydrogens is 293 g/mol. The van der Waals surface area contributed by atoms with Crippen LogP contribution in [0.3, 0.4) is 0 Å². The van der Waals surface area contributed by atoms with Gasteiger partial charge >= 0.3 is 0 Å². The van der Waals surface area contributed by atoms with Gasteiger partial charge in [0, 0.05) is 17.1 Å². The van der Waals surface area contributed by atoms with Crippen molar-refractivity contribution < 1.29 is 4.74 Å². The molecule has 0 aliphatic carbocycles. The van der Waals surface area contributed by atoms with Gasteiger partial charge in [-0.3, -0.25) is 0 Å². The average molecular weight is 318 g/mol. The lowest BCUT2D eigenvalue weighted by Crippen LogP contribution is -2.16. The lowest BCUT2D eigenvalue weighted by Gasteiger charge is -2.20. The minimum absolute atomic E-state index is 0.250. The van der Waals surface area contributed by atoms with Gasteiger partial charge in [0.05, 0.1) is 11.6 Å². The van der Waals surface area contributed by atoms with Crippen molar-refractivity contribution in [3.05, 3.63) is 27.7 Å². The normalized spacial score (nSPS) is 11.7. The molecule has 4 heteroatoms. The topological polar surface area (TPSA) is 21.3 Å². The van der Waals surface area contributed by atoms with Crippen LogP contribution < -0.4 is 10.1 Å². The van der Waals surface area contributed by atoms with Gasteiger partial charge in [0.1, 0.15) is 5.75 Å². The van der Waals surface area contributed by atoms with Crippen LogP contribution in [0.4, 0.5) is 0 Å². The predicted octanol–water partition coefficient (Wildman–Crippen LogP) is 5.31. The summed E-state index contributed by atoms with van der Waals surface area (Å²) < 4.78 is 5.90. The second-order valence-electron chi connectivity index (χ2n) is 6.21. The average Bonchev–Trinajstić information content (AvgIpc) is 2.31. The minimum Gasteiger partial charge on any atom is -0.492 e. The molecule has 1 aromatic carbocycles. The number of hydrogen-bond donors (Lipinski definition) is 1. The second kappa shape index (κ2) is 8.11. The first kappa shape index (κ1) is 17.6. The van der Waals surface area contributed by atoms with Crippen LogP contribution in [0, 0.1) is 5.41 Å². The highest BCUT2D eigenvalue weighted by Gasteiger charge is 2.14. The van der Waals surface area contributed by atoms with E-state index in [0.717, 1.165) is 37.2 Å². The number of nitrogens with one attached hydrogen (secondary N) is 1. The zero-order valence-electron chi connectivity index (χ0n) is 12.9. The molecule has 0 atom stereocenters. The number of benzene rings is 1. The van der Waals surface area contributed by atoms with E-state index in [-0.39, 0.29) is 5.41 Å². The first-order valence-corrected chi connectivity index (χ1v) is 7.90. The molecule has 0 saturated heterocycles. The molecule has 0 aromatic heterocycles. The molecule has 0 radical (unpaired) electrons. The number of ether oxygens (including phenoxy) is 1. The van der Waals surface area contributed by atoms with Gasteiger partial charge < -0.3 is 10.1 Å². The van der Waals surface area contributed by atoms with Gasteiger partial charge in [-0.1, -0.05) is 50.9 Å². The lowest BCUT2D eigenvalue weighted by atomic mass is 9.93. The van der Waals surface area contributed by atoms with Crippen molar-refractivity contribution in [2.45, 2.75) is 47.1 Å². The highest BCUT2D eigenvalue weighted by molar-refractivity contribution is 6.35. The number of rotatable bonds is 7. The molecule has 0 amide bonds. The Bertz CT molecular complexity index is 427. The molecule has 1 aromatic rings. The summed E-state index contributed by atoms with van der Waals surface area (Å²) in [6.45, 7) is 11.1. The van der Waals surface area contributed by atoms with Crippen LogP contribution in [0.5, 0.6) is 5.75 Å². The summed E-state index contributed by atoms with van der Waals surface area (Å²) in [4.78, 5) is 0. The number of hydrogen-bond acceptors (Lipinski definition) is 2. The van der Waals surface area contributed by atoms with E-state index in [1.54, 1.807) is 6.07 Å². The third-order valence-corrected chi connectivity index (χ3v) is 3.42. The Morgan fingerprint density at radius 3 is 2.50 bits per heavy atom. The summed E-state index contributed by atoms with van der Waals surface area (Å²) in [5.41, 5.74) is 1.27. The summed E-state index contributed by atoms with van der Waals surface area (Å²) in [5, 5.41) is 4.58. The van der Waals surface area contributed by atoms with Crippen LogP contribution in [-0.4, -0.2) is 13.2 Å². The molecule has 0 aliphatic heterocycles. The van der Waals surface area contributed by atoms with Gasteiger partial charge in [0.25, 0.3) is 0 Å². The fourth-order valence-corrected chi connectivity index (χ4v) is 2.36. The lowest BCUT2D eigenvalue weighted by molar-refractivity contribution is 0.241. The predicted molar refractivity (Wildman–Crippen MR) is 88.0 cm³/mol. The summed E-state index contributed by atoms with van der Waals surface area (Å²) in [6.07, 6.45) is 2.07. The van der Waals surface area contributed by atoms with Crippen LogP contribution in [0.25, 0.3) is 0 Å². The van der Waals surface area contributed by atoms with Crippen molar-refractivity contribution in [3.8, 4) is 5.75 Å². The van der Waals surface area contributed by atoms with E-state index in [4.69, 9.17) is 27.9 Å². The molecule has 0 bridgehead atoms. The van der Waals surface area contributed by atoms with Gasteiger partial charge in [0.15, 0.2) is 0 Å². The van der Waals surface area contributed by atoms with Crippen molar-refractivity contribution in [2.24, 2.45) is 5.41 Å². The molecular formula is C16H25Cl2NO. The molecule has 0 spiro atoms. The quantitative estimate of drug-likeness (QED) is 0.688. The molecule has 114 valence electrons. The molecule has 20 heavy (non-hydrogen) atoms. The van der Waals surface area contributed by atoms with Gasteiger partial charge in [-0.25, -0.2) is 0 Å². The maximum Gasteiger partial charge on any atom is 0.142 e. The zero-order valence-corrected chi connectivity index (χ0v) is 14.4. The molecule has 0 fully saturated rings. The SMILES string of the molecule is CCCNCc1cc(Cl)cc(Cl)c1OCCC(C)(C)C. The Labute approximate surface area is 132 Å². The van der Waals surface area contributed by atoms with Gasteiger partial charge in [-0.15, -0.1) is 0 Å². The summed E-state index contributed by atoms with van der Waals surface area (Å²) in [6, 6.07) is 3.65. The van der Waals surface area contributed by atoms with Gasteiger partial charge in [-0.05, 0) is 36.9 Å². The number of halogens is 2. The summed E-state index contributed by atoms with van der Waals surface area (Å²) >= 11 is 12.3. The first-order chi connectivity index (χ1) is 9.33. The van der Waals surface area contributed by atoms with Crippen LogP contribution in [-0.2, 0) is 6.54 Å². The third-order valence-electron chi connectivity index (χ3n) is 2.93. The molecule has 0 unspecified atom stereocenters. The summed E-state index contributed by atoms with van der Waals surface area (Å²) in [5.74, 6) is 0.754. The van der Waals surface area contributed by atoms with Crippen molar-refractivity contribution in [3.63, 3.8) is 0 Å². The van der Waals surface area contributed by atoms with Crippen molar-refractivity contribution in [1.82, 2.24) is 5.32 Å². The van der Waals surface area contributed by atoms with Crippen molar-refractivity contribution in [2.75, 3.05) is 13.2 Å². The standard InChI is InChI=1S/C16H25Cl2NO/c1-5-7-19-11-12-9-13(17)10-14(18)15(12)20-8-6-16(2,3)4/h9-10,19H,5-8,11H2,1-4H3. The maximum atomic E-state index is 6.26. The van der Waals surface area contributed by atoms with Crippen molar-refractivity contribution in [1.29, 1.82) is 0 Å². The smallest absolute Gasteiger partial charge is 0.142 e. The molecule has 0 heterocycles. The van der Waals surface area contributed by atoms with Crippen LogP contribution in [0.15, 0.2) is 12.1 Å². The molecule has 1 N–H and O–H groups in total. The van der Waals surface area contributed by atoms with E-state index in [1.165, 1.54) is 0 Å². The highest BCUT2D eigenvalue weighted by atomic mass is 35.5. The van der Waals surface area contributed by atoms with Crippen LogP contribution >= 0.6 is 23.2 Å². The Kier molecular flexibility index (Phi) is 7.14.